The number of nitrogens with zero attached hydrogens (tertiary/aromatic N) is 1. The van der Waals surface area contributed by atoms with Crippen molar-refractivity contribution in [1.82, 2.24) is 0 Å². The number of carbonyl (C=O) groups is 1. The van der Waals surface area contributed by atoms with Crippen molar-refractivity contribution in [3.8, 4) is 11.8 Å². The highest BCUT2D eigenvalue weighted by Gasteiger charge is 2.13. The molecule has 2 rings (SSSR count). The molecule has 0 aliphatic heterocycles. The summed E-state index contributed by atoms with van der Waals surface area (Å²) in [6.45, 7) is 7.32. The van der Waals surface area contributed by atoms with Crippen molar-refractivity contribution in [2.75, 3.05) is 13.7 Å². The van der Waals surface area contributed by atoms with E-state index in [0.717, 1.165) is 30.6 Å². The average molecular weight is 384 g/mol. The summed E-state index contributed by atoms with van der Waals surface area (Å²) in [6, 6.07) is 10.3. The van der Waals surface area contributed by atoms with Gasteiger partial charge in [0.1, 0.15) is 5.75 Å². The second-order valence-corrected chi connectivity index (χ2v) is 7.01. The number of carbonyl (C=O) groups excluding carboxylic acids is 1. The molecule has 152 valence electrons. The maximum Gasteiger partial charge on any atom is 0.293 e. The van der Waals surface area contributed by atoms with Crippen molar-refractivity contribution >= 4 is 12.0 Å². The van der Waals surface area contributed by atoms with E-state index < -0.39 is 0 Å². The zero-order chi connectivity index (χ0) is 20.8. The molecular formula is C24H33NO3. The zero-order valence-corrected chi connectivity index (χ0v) is 17.7. The van der Waals surface area contributed by atoms with Crippen LogP contribution in [0.4, 0.5) is 0 Å². The standard InChI is InChI=1S/C15H15NO.C9H18O2/c1-11(10-16)13-3-4-14(9-13)12-5-7-15(17-2)8-6-12;1-3-5-6-9(4-2)7-11-8-10/h5-9H,3-4H2,1-2H3;8-9H,3-7H2,1-2H3/b13-11-;. The number of nitriles is 1. The van der Waals surface area contributed by atoms with Crippen molar-refractivity contribution in [1.29, 1.82) is 5.26 Å². The van der Waals surface area contributed by atoms with Gasteiger partial charge in [0.15, 0.2) is 0 Å². The lowest BCUT2D eigenvalue weighted by Gasteiger charge is -2.11. The van der Waals surface area contributed by atoms with Gasteiger partial charge in [0.25, 0.3) is 6.47 Å². The molecule has 0 saturated heterocycles. The molecule has 0 aromatic heterocycles. The van der Waals surface area contributed by atoms with Crippen LogP contribution < -0.4 is 4.74 Å². The van der Waals surface area contributed by atoms with Gasteiger partial charge in [-0.15, -0.1) is 0 Å². The van der Waals surface area contributed by atoms with Crippen LogP contribution >= 0.6 is 0 Å². The van der Waals surface area contributed by atoms with Crippen molar-refractivity contribution in [3.05, 3.63) is 47.1 Å². The van der Waals surface area contributed by atoms with Crippen molar-refractivity contribution in [3.63, 3.8) is 0 Å². The molecule has 0 saturated carbocycles. The molecule has 1 atom stereocenters. The first-order valence-electron chi connectivity index (χ1n) is 10.1. The Balaban J connectivity index is 0.000000311. The van der Waals surface area contributed by atoms with Crippen LogP contribution in [0.3, 0.4) is 0 Å². The predicted molar refractivity (Wildman–Crippen MR) is 114 cm³/mol. The highest BCUT2D eigenvalue weighted by molar-refractivity contribution is 5.72. The molecule has 0 radical (unpaired) electrons. The molecule has 0 N–H and O–H groups in total. The highest BCUT2D eigenvalue weighted by Crippen LogP contribution is 2.33. The molecular weight excluding hydrogens is 350 g/mol. The van der Waals surface area contributed by atoms with Crippen LogP contribution in [0.2, 0.25) is 0 Å². The van der Waals surface area contributed by atoms with Gasteiger partial charge in [-0.1, -0.05) is 51.3 Å². The van der Waals surface area contributed by atoms with Crippen molar-refractivity contribution in [2.45, 2.75) is 59.3 Å². The van der Waals surface area contributed by atoms with Crippen LogP contribution in [0, 0.1) is 17.2 Å². The van der Waals surface area contributed by atoms with Crippen molar-refractivity contribution in [2.24, 2.45) is 5.92 Å². The van der Waals surface area contributed by atoms with Crippen LogP contribution in [-0.2, 0) is 9.53 Å². The number of hydrogen-bond acceptors (Lipinski definition) is 4. The summed E-state index contributed by atoms with van der Waals surface area (Å²) >= 11 is 0. The lowest BCUT2D eigenvalue weighted by molar-refractivity contribution is -0.130. The summed E-state index contributed by atoms with van der Waals surface area (Å²) in [6.07, 6.45) is 8.87. The van der Waals surface area contributed by atoms with Gasteiger partial charge >= 0.3 is 0 Å². The minimum absolute atomic E-state index is 0.536. The molecule has 0 amide bonds. The van der Waals surface area contributed by atoms with Gasteiger partial charge in [-0.25, -0.2) is 0 Å². The minimum atomic E-state index is 0.536. The van der Waals surface area contributed by atoms with Gasteiger partial charge in [-0.2, -0.15) is 5.26 Å². The summed E-state index contributed by atoms with van der Waals surface area (Å²) in [5.74, 6) is 1.44. The number of unbranched alkanes of at least 4 members (excludes halogenated alkanes) is 1. The van der Waals surface area contributed by atoms with E-state index in [2.05, 4.69) is 38.1 Å². The Labute approximate surface area is 169 Å². The molecule has 1 aromatic rings. The quantitative estimate of drug-likeness (QED) is 0.382. The number of ether oxygens (including phenoxy) is 2. The second kappa shape index (κ2) is 13.6. The number of hydrogen-bond donors (Lipinski definition) is 0. The first-order chi connectivity index (χ1) is 13.6. The van der Waals surface area contributed by atoms with Crippen LogP contribution in [0.25, 0.3) is 5.57 Å². The third-order valence-corrected chi connectivity index (χ3v) is 5.07. The van der Waals surface area contributed by atoms with Gasteiger partial charge in [0.05, 0.1) is 19.8 Å². The summed E-state index contributed by atoms with van der Waals surface area (Å²) in [7, 11) is 1.67. The molecule has 4 nitrogen and oxygen atoms in total. The summed E-state index contributed by atoms with van der Waals surface area (Å²) in [5.41, 5.74) is 4.51. The first kappa shape index (κ1) is 23.5. The normalized spacial score (nSPS) is 15.5. The molecule has 0 spiro atoms. The monoisotopic (exact) mass is 383 g/mol. The highest BCUT2D eigenvalue weighted by atomic mass is 16.5. The fraction of sp³-hybridized carbons (Fsp3) is 0.500. The molecule has 1 aliphatic carbocycles. The van der Waals surface area contributed by atoms with E-state index in [-0.39, 0.29) is 0 Å². The van der Waals surface area contributed by atoms with Gasteiger partial charge in [-0.3, -0.25) is 4.79 Å². The van der Waals surface area contributed by atoms with E-state index in [9.17, 15) is 4.79 Å². The molecule has 0 heterocycles. The largest absolute Gasteiger partial charge is 0.497 e. The van der Waals surface area contributed by atoms with E-state index in [1.807, 2.05) is 19.1 Å². The van der Waals surface area contributed by atoms with Gasteiger partial charge in [-0.05, 0) is 60.9 Å². The molecule has 1 unspecified atom stereocenters. The van der Waals surface area contributed by atoms with Crippen molar-refractivity contribution < 1.29 is 14.3 Å². The summed E-state index contributed by atoms with van der Waals surface area (Å²) in [4.78, 5) is 9.88. The van der Waals surface area contributed by atoms with E-state index in [1.54, 1.807) is 7.11 Å². The van der Waals surface area contributed by atoms with E-state index >= 15 is 0 Å². The van der Waals surface area contributed by atoms with E-state index in [1.165, 1.54) is 36.0 Å². The molecule has 1 aromatic carbocycles. The number of allylic oxidation sites excluding steroid dienone is 4. The Hall–Kier alpha value is -2.54. The molecule has 0 bridgehead atoms. The summed E-state index contributed by atoms with van der Waals surface area (Å²) in [5, 5.41) is 8.87. The lowest BCUT2D eigenvalue weighted by atomic mass is 10.0. The Kier molecular flexibility index (Phi) is 11.4. The maximum absolute atomic E-state index is 9.88. The number of benzene rings is 1. The van der Waals surface area contributed by atoms with Gasteiger partial charge in [0.2, 0.25) is 0 Å². The fourth-order valence-electron chi connectivity index (χ4n) is 3.10. The predicted octanol–water partition coefficient (Wildman–Crippen LogP) is 6.09. The second-order valence-electron chi connectivity index (χ2n) is 7.01. The molecule has 28 heavy (non-hydrogen) atoms. The van der Waals surface area contributed by atoms with Crippen LogP contribution in [0.15, 0.2) is 41.5 Å². The lowest BCUT2D eigenvalue weighted by Crippen LogP contribution is -2.07. The minimum Gasteiger partial charge on any atom is -0.497 e. The Morgan fingerprint density at radius 2 is 1.96 bits per heavy atom. The maximum atomic E-state index is 9.88. The zero-order valence-electron chi connectivity index (χ0n) is 17.7. The third-order valence-electron chi connectivity index (χ3n) is 5.07. The summed E-state index contributed by atoms with van der Waals surface area (Å²) < 4.78 is 9.84. The fourth-order valence-corrected chi connectivity index (χ4v) is 3.10. The number of rotatable bonds is 9. The third kappa shape index (κ3) is 8.00. The van der Waals surface area contributed by atoms with Gasteiger partial charge in [0, 0.05) is 5.57 Å². The van der Waals surface area contributed by atoms with E-state index in [4.69, 9.17) is 14.7 Å². The average Bonchev–Trinajstić information content (AvgIpc) is 3.24. The topological polar surface area (TPSA) is 59.3 Å². The Morgan fingerprint density at radius 3 is 2.50 bits per heavy atom. The SMILES string of the molecule is CCCCC(CC)COC=O.COc1ccc(C2=C/C(=C(/C)C#N)CC2)cc1. The first-order valence-corrected chi connectivity index (χ1v) is 10.1. The van der Waals surface area contributed by atoms with Crippen LogP contribution in [0.5, 0.6) is 5.75 Å². The van der Waals surface area contributed by atoms with Gasteiger partial charge < -0.3 is 9.47 Å². The van der Waals surface area contributed by atoms with Crippen LogP contribution in [-0.4, -0.2) is 20.2 Å². The van der Waals surface area contributed by atoms with Crippen LogP contribution in [0.1, 0.15) is 64.9 Å². The molecule has 0 fully saturated rings. The smallest absolute Gasteiger partial charge is 0.293 e. The Bertz CT molecular complexity index is 696. The molecule has 4 heteroatoms. The van der Waals surface area contributed by atoms with E-state index in [0.29, 0.717) is 19.0 Å². The Morgan fingerprint density at radius 1 is 1.25 bits per heavy atom. The molecule has 1 aliphatic rings. The number of methoxy groups -OCH3 is 1.